The molecule has 5 nitrogen and oxygen atoms in total. The van der Waals surface area contributed by atoms with E-state index >= 15 is 0 Å². The van der Waals surface area contributed by atoms with Crippen LogP contribution in [0.4, 0.5) is 5.69 Å². The van der Waals surface area contributed by atoms with Gasteiger partial charge in [-0.1, -0.05) is 12.2 Å². The van der Waals surface area contributed by atoms with Gasteiger partial charge in [-0.05, 0) is 23.7 Å². The average Bonchev–Trinajstić information content (AvgIpc) is 2.39. The first kappa shape index (κ1) is 11.3. The lowest BCUT2D eigenvalue weighted by Crippen LogP contribution is -2.33. The highest BCUT2D eigenvalue weighted by atomic mass is 16.3. The van der Waals surface area contributed by atoms with Crippen LogP contribution in [0.2, 0.25) is 0 Å². The van der Waals surface area contributed by atoms with E-state index in [-0.39, 0.29) is 22.9 Å². The summed E-state index contributed by atoms with van der Waals surface area (Å²) in [4.78, 5) is 24.0. The van der Waals surface area contributed by atoms with Crippen molar-refractivity contribution in [1.82, 2.24) is 4.90 Å². The zero-order valence-corrected chi connectivity index (χ0v) is 9.17. The minimum atomic E-state index is -0.232. The number of rotatable bonds is 2. The minimum absolute atomic E-state index is 0.109. The average molecular weight is 232 g/mol. The van der Waals surface area contributed by atoms with Crippen molar-refractivity contribution < 1.29 is 9.90 Å². The molecule has 0 fully saturated rings. The van der Waals surface area contributed by atoms with Gasteiger partial charge in [0.05, 0.1) is 5.56 Å². The standard InChI is InChI=1S/C12H12N2O3/c15-11-8-9(13-17)4-5-10(11)12(16)14-6-2-1-3-7-14/h1-2,4-5,8,15H,3,6-7H2. The zero-order valence-electron chi connectivity index (χ0n) is 9.17. The number of carbonyl (C=O) groups excluding carboxylic acids is 1. The molecule has 0 saturated carbocycles. The second-order valence-electron chi connectivity index (χ2n) is 3.80. The summed E-state index contributed by atoms with van der Waals surface area (Å²) in [6, 6.07) is 4.03. The third kappa shape index (κ3) is 2.33. The van der Waals surface area contributed by atoms with Gasteiger partial charge in [0.1, 0.15) is 11.4 Å². The first-order chi connectivity index (χ1) is 8.22. The van der Waals surface area contributed by atoms with Crippen molar-refractivity contribution in [3.63, 3.8) is 0 Å². The molecule has 0 aliphatic carbocycles. The summed E-state index contributed by atoms with van der Waals surface area (Å²) < 4.78 is 0. The Kier molecular flexibility index (Phi) is 3.18. The molecule has 0 aromatic heterocycles. The maximum atomic E-state index is 12.0. The molecule has 88 valence electrons. The fraction of sp³-hybridized carbons (Fsp3) is 0.250. The molecule has 0 spiro atoms. The van der Waals surface area contributed by atoms with Crippen LogP contribution in [-0.4, -0.2) is 29.0 Å². The van der Waals surface area contributed by atoms with Gasteiger partial charge in [-0.2, -0.15) is 0 Å². The molecule has 1 aliphatic rings. The van der Waals surface area contributed by atoms with Gasteiger partial charge in [0.25, 0.3) is 5.91 Å². The SMILES string of the molecule is O=Nc1ccc(C(=O)N2CC=CCC2)c(O)c1. The Balaban J connectivity index is 2.24. The summed E-state index contributed by atoms with van der Waals surface area (Å²) in [6.45, 7) is 1.19. The van der Waals surface area contributed by atoms with E-state index in [1.807, 2.05) is 12.2 Å². The number of hydrogen-bond donors (Lipinski definition) is 1. The van der Waals surface area contributed by atoms with E-state index in [1.54, 1.807) is 4.90 Å². The lowest BCUT2D eigenvalue weighted by molar-refractivity contribution is 0.0768. The van der Waals surface area contributed by atoms with E-state index in [0.29, 0.717) is 13.1 Å². The lowest BCUT2D eigenvalue weighted by Gasteiger charge is -2.23. The van der Waals surface area contributed by atoms with Crippen LogP contribution in [-0.2, 0) is 0 Å². The number of aromatic hydroxyl groups is 1. The fourth-order valence-corrected chi connectivity index (χ4v) is 1.75. The Morgan fingerprint density at radius 2 is 2.18 bits per heavy atom. The molecule has 0 saturated heterocycles. The lowest BCUT2D eigenvalue weighted by atomic mass is 10.1. The topological polar surface area (TPSA) is 70.0 Å². The van der Waals surface area contributed by atoms with Crippen molar-refractivity contribution >= 4 is 11.6 Å². The van der Waals surface area contributed by atoms with Crippen LogP contribution in [0.5, 0.6) is 5.75 Å². The van der Waals surface area contributed by atoms with Crippen molar-refractivity contribution in [2.45, 2.75) is 6.42 Å². The number of hydrogen-bond acceptors (Lipinski definition) is 4. The number of nitroso groups, excluding NO2 is 1. The highest BCUT2D eigenvalue weighted by Gasteiger charge is 2.19. The molecule has 0 atom stereocenters. The van der Waals surface area contributed by atoms with Crippen molar-refractivity contribution in [2.75, 3.05) is 13.1 Å². The number of phenolic OH excluding ortho intramolecular Hbond substituents is 1. The predicted octanol–water partition coefficient (Wildman–Crippen LogP) is 2.19. The molecule has 0 unspecified atom stereocenters. The van der Waals surface area contributed by atoms with Crippen LogP contribution in [0.3, 0.4) is 0 Å². The van der Waals surface area contributed by atoms with Crippen LogP contribution >= 0.6 is 0 Å². The first-order valence-corrected chi connectivity index (χ1v) is 5.33. The van der Waals surface area contributed by atoms with E-state index in [9.17, 15) is 14.8 Å². The van der Waals surface area contributed by atoms with Crippen molar-refractivity contribution in [1.29, 1.82) is 0 Å². The van der Waals surface area contributed by atoms with Gasteiger partial charge in [-0.3, -0.25) is 4.79 Å². The summed E-state index contributed by atoms with van der Waals surface area (Å²) in [5, 5.41) is 12.4. The zero-order chi connectivity index (χ0) is 12.3. The van der Waals surface area contributed by atoms with E-state index in [2.05, 4.69) is 5.18 Å². The van der Waals surface area contributed by atoms with Gasteiger partial charge in [0.15, 0.2) is 0 Å². The van der Waals surface area contributed by atoms with Crippen LogP contribution in [0, 0.1) is 4.91 Å². The van der Waals surface area contributed by atoms with Gasteiger partial charge in [-0.15, -0.1) is 4.91 Å². The summed E-state index contributed by atoms with van der Waals surface area (Å²) in [5.74, 6) is -0.439. The van der Waals surface area contributed by atoms with Crippen molar-refractivity contribution in [2.24, 2.45) is 5.18 Å². The number of amides is 1. The molecule has 5 heteroatoms. The summed E-state index contributed by atoms with van der Waals surface area (Å²) in [6.07, 6.45) is 4.75. The minimum Gasteiger partial charge on any atom is -0.507 e. The Morgan fingerprint density at radius 1 is 1.35 bits per heavy atom. The summed E-state index contributed by atoms with van der Waals surface area (Å²) >= 11 is 0. The molecule has 1 amide bonds. The number of carbonyl (C=O) groups is 1. The molecule has 2 rings (SSSR count). The fourth-order valence-electron chi connectivity index (χ4n) is 1.75. The molecular formula is C12H12N2O3. The quantitative estimate of drug-likeness (QED) is 0.627. The molecule has 0 bridgehead atoms. The molecular weight excluding hydrogens is 220 g/mol. The molecule has 1 aromatic rings. The van der Waals surface area contributed by atoms with Crippen LogP contribution in [0.1, 0.15) is 16.8 Å². The predicted molar refractivity (Wildman–Crippen MR) is 63.2 cm³/mol. The van der Waals surface area contributed by atoms with Crippen LogP contribution in [0.25, 0.3) is 0 Å². The van der Waals surface area contributed by atoms with Crippen molar-refractivity contribution in [3.8, 4) is 5.75 Å². The maximum Gasteiger partial charge on any atom is 0.257 e. The van der Waals surface area contributed by atoms with Gasteiger partial charge in [0.2, 0.25) is 0 Å². The van der Waals surface area contributed by atoms with Gasteiger partial charge in [0, 0.05) is 19.2 Å². The van der Waals surface area contributed by atoms with Gasteiger partial charge < -0.3 is 10.0 Å². The number of benzene rings is 1. The maximum absolute atomic E-state index is 12.0. The second kappa shape index (κ2) is 4.78. The van der Waals surface area contributed by atoms with E-state index < -0.39 is 0 Å². The smallest absolute Gasteiger partial charge is 0.257 e. The first-order valence-electron chi connectivity index (χ1n) is 5.33. The Bertz CT molecular complexity index is 483. The van der Waals surface area contributed by atoms with Crippen LogP contribution in [0.15, 0.2) is 35.5 Å². The molecule has 1 aliphatic heterocycles. The third-order valence-corrected chi connectivity index (χ3v) is 2.66. The number of nitrogens with zero attached hydrogens (tertiary/aromatic N) is 2. The van der Waals surface area contributed by atoms with Crippen LogP contribution < -0.4 is 0 Å². The molecule has 1 heterocycles. The highest BCUT2D eigenvalue weighted by molar-refractivity contribution is 5.97. The molecule has 1 N–H and O–H groups in total. The molecule has 0 radical (unpaired) electrons. The normalized spacial score (nSPS) is 14.7. The van der Waals surface area contributed by atoms with Gasteiger partial charge in [-0.25, -0.2) is 0 Å². The highest BCUT2D eigenvalue weighted by Crippen LogP contribution is 2.25. The molecule has 17 heavy (non-hydrogen) atoms. The van der Waals surface area contributed by atoms with Gasteiger partial charge >= 0.3 is 0 Å². The van der Waals surface area contributed by atoms with E-state index in [1.165, 1.54) is 18.2 Å². The Hall–Kier alpha value is -2.17. The second-order valence-corrected chi connectivity index (χ2v) is 3.80. The summed E-state index contributed by atoms with van der Waals surface area (Å²) in [5.41, 5.74) is 0.310. The van der Waals surface area contributed by atoms with E-state index in [0.717, 1.165) is 6.42 Å². The van der Waals surface area contributed by atoms with E-state index in [4.69, 9.17) is 0 Å². The summed E-state index contributed by atoms with van der Waals surface area (Å²) in [7, 11) is 0. The largest absolute Gasteiger partial charge is 0.507 e. The Labute approximate surface area is 98.3 Å². The Morgan fingerprint density at radius 3 is 2.76 bits per heavy atom. The molecule has 1 aromatic carbocycles. The number of phenols is 1. The third-order valence-electron chi connectivity index (χ3n) is 2.66. The monoisotopic (exact) mass is 232 g/mol. The van der Waals surface area contributed by atoms with Crippen molar-refractivity contribution in [3.05, 3.63) is 40.8 Å².